The van der Waals surface area contributed by atoms with Crippen molar-refractivity contribution in [2.45, 2.75) is 33.1 Å². The van der Waals surface area contributed by atoms with Gasteiger partial charge in [-0.1, -0.05) is 86.5 Å². The number of aromatic nitrogens is 1. The molecule has 1 aromatic heterocycles. The smallest absolute Gasteiger partial charge is 0.0606 e. The second-order valence-corrected chi connectivity index (χ2v) is 9.06. The van der Waals surface area contributed by atoms with Crippen molar-refractivity contribution in [1.82, 2.24) is 4.57 Å². The van der Waals surface area contributed by atoms with Gasteiger partial charge >= 0.3 is 0 Å². The molecular formula is C27H26ClN. The number of hydrogen-bond donors (Lipinski definition) is 0. The maximum absolute atomic E-state index is 6.29. The second-order valence-electron chi connectivity index (χ2n) is 8.62. The Balaban J connectivity index is 1.89. The average Bonchev–Trinajstić information content (AvgIpc) is 3.13. The second kappa shape index (κ2) is 7.57. The largest absolute Gasteiger partial charge is 0.316 e. The first-order valence-corrected chi connectivity index (χ1v) is 10.4. The predicted molar refractivity (Wildman–Crippen MR) is 125 cm³/mol. The molecule has 0 bridgehead atoms. The highest BCUT2D eigenvalue weighted by Crippen LogP contribution is 2.36. The van der Waals surface area contributed by atoms with Crippen LogP contribution in [0.2, 0.25) is 5.02 Å². The summed E-state index contributed by atoms with van der Waals surface area (Å²) in [6.45, 7) is 8.85. The molecule has 0 aliphatic carbocycles. The van der Waals surface area contributed by atoms with Crippen LogP contribution in [-0.4, -0.2) is 4.57 Å². The number of hydrogen-bond acceptors (Lipinski definition) is 0. The van der Waals surface area contributed by atoms with Gasteiger partial charge in [0, 0.05) is 22.5 Å². The zero-order valence-electron chi connectivity index (χ0n) is 17.4. The van der Waals surface area contributed by atoms with Gasteiger partial charge in [-0.3, -0.25) is 0 Å². The lowest BCUT2D eigenvalue weighted by molar-refractivity contribution is 0.590. The van der Waals surface area contributed by atoms with Gasteiger partial charge < -0.3 is 4.57 Å². The van der Waals surface area contributed by atoms with Gasteiger partial charge in [-0.15, -0.1) is 0 Å². The molecule has 0 fully saturated rings. The number of benzene rings is 3. The van der Waals surface area contributed by atoms with E-state index < -0.39 is 0 Å². The van der Waals surface area contributed by atoms with E-state index in [-0.39, 0.29) is 5.41 Å². The van der Waals surface area contributed by atoms with Gasteiger partial charge in [-0.2, -0.15) is 0 Å². The molecule has 29 heavy (non-hydrogen) atoms. The maximum Gasteiger partial charge on any atom is 0.0606 e. The van der Waals surface area contributed by atoms with Gasteiger partial charge in [0.05, 0.1) is 5.69 Å². The van der Waals surface area contributed by atoms with Gasteiger partial charge in [-0.05, 0) is 59.4 Å². The van der Waals surface area contributed by atoms with Crippen LogP contribution in [0.4, 0.5) is 0 Å². The molecule has 0 saturated heterocycles. The van der Waals surface area contributed by atoms with Crippen LogP contribution in [0.5, 0.6) is 0 Å². The molecule has 2 heteroatoms. The van der Waals surface area contributed by atoms with Crippen molar-refractivity contribution in [2.75, 3.05) is 0 Å². The average molecular weight is 400 g/mol. The third-order valence-electron chi connectivity index (χ3n) is 5.36. The Kier molecular flexibility index (Phi) is 5.10. The zero-order chi connectivity index (χ0) is 20.6. The summed E-state index contributed by atoms with van der Waals surface area (Å²) < 4.78 is 2.27. The highest BCUT2D eigenvalue weighted by atomic mass is 35.5. The zero-order valence-corrected chi connectivity index (χ0v) is 18.2. The van der Waals surface area contributed by atoms with Crippen LogP contribution in [0.25, 0.3) is 28.1 Å². The summed E-state index contributed by atoms with van der Waals surface area (Å²) in [6.07, 6.45) is 2.15. The van der Waals surface area contributed by atoms with Crippen LogP contribution in [0.3, 0.4) is 0 Å². The van der Waals surface area contributed by atoms with Crippen LogP contribution in [0, 0.1) is 6.92 Å². The van der Waals surface area contributed by atoms with E-state index in [4.69, 9.17) is 11.6 Å². The monoisotopic (exact) mass is 399 g/mol. The Morgan fingerprint density at radius 1 is 0.759 bits per heavy atom. The quantitative estimate of drug-likeness (QED) is 0.328. The number of rotatable bonds is 3. The number of nitrogens with zero attached hydrogens (tertiary/aromatic N) is 1. The summed E-state index contributed by atoms with van der Waals surface area (Å²) in [4.78, 5) is 0. The summed E-state index contributed by atoms with van der Waals surface area (Å²) in [7, 11) is 0. The standard InChI is InChI=1S/C27H26ClN/c1-19-8-10-20(11-9-19)26-25(21-6-5-7-23(28)18-21)16-17-29(26)24-14-12-22(13-15-24)27(2,3)4/h5-18H,1-4H3. The fraction of sp³-hybridized carbons (Fsp3) is 0.185. The van der Waals surface area contributed by atoms with Crippen molar-refractivity contribution in [3.63, 3.8) is 0 Å². The summed E-state index contributed by atoms with van der Waals surface area (Å²) >= 11 is 6.29. The Morgan fingerprint density at radius 2 is 1.45 bits per heavy atom. The van der Waals surface area contributed by atoms with E-state index in [1.54, 1.807) is 0 Å². The normalized spacial score (nSPS) is 11.6. The van der Waals surface area contributed by atoms with Crippen molar-refractivity contribution < 1.29 is 0 Å². The third-order valence-corrected chi connectivity index (χ3v) is 5.59. The predicted octanol–water partition coefficient (Wildman–Crippen LogP) is 8.07. The van der Waals surface area contributed by atoms with Crippen LogP contribution in [0.1, 0.15) is 31.9 Å². The molecule has 0 atom stereocenters. The summed E-state index contributed by atoms with van der Waals surface area (Å²) in [5, 5.41) is 0.750. The summed E-state index contributed by atoms with van der Waals surface area (Å²) in [6, 6.07) is 27.8. The Hall–Kier alpha value is -2.77. The minimum absolute atomic E-state index is 0.140. The molecule has 4 rings (SSSR count). The van der Waals surface area contributed by atoms with Crippen molar-refractivity contribution in [2.24, 2.45) is 0 Å². The first kappa shape index (κ1) is 19.5. The lowest BCUT2D eigenvalue weighted by Crippen LogP contribution is -2.10. The molecule has 1 heterocycles. The highest BCUT2D eigenvalue weighted by molar-refractivity contribution is 6.30. The molecule has 0 aliphatic heterocycles. The molecule has 0 radical (unpaired) electrons. The van der Waals surface area contributed by atoms with Crippen molar-refractivity contribution in [3.05, 3.63) is 101 Å². The maximum atomic E-state index is 6.29. The SMILES string of the molecule is Cc1ccc(-c2c(-c3cccc(Cl)c3)ccn2-c2ccc(C(C)(C)C)cc2)cc1. The number of aryl methyl sites for hydroxylation is 1. The third kappa shape index (κ3) is 4.02. The molecule has 1 nitrogen and oxygen atoms in total. The Morgan fingerprint density at radius 3 is 2.07 bits per heavy atom. The van der Waals surface area contributed by atoms with Gasteiger partial charge in [0.2, 0.25) is 0 Å². The molecule has 0 unspecified atom stereocenters. The highest BCUT2D eigenvalue weighted by Gasteiger charge is 2.17. The van der Waals surface area contributed by atoms with Gasteiger partial charge in [0.1, 0.15) is 0 Å². The molecule has 0 N–H and O–H groups in total. The molecule has 0 aliphatic rings. The fourth-order valence-corrected chi connectivity index (χ4v) is 3.85. The van der Waals surface area contributed by atoms with Crippen molar-refractivity contribution >= 4 is 11.6 Å². The van der Waals surface area contributed by atoms with Crippen molar-refractivity contribution in [1.29, 1.82) is 0 Å². The summed E-state index contributed by atoms with van der Waals surface area (Å²) in [5.74, 6) is 0. The molecular weight excluding hydrogens is 374 g/mol. The van der Waals surface area contributed by atoms with E-state index >= 15 is 0 Å². The van der Waals surface area contributed by atoms with E-state index in [0.717, 1.165) is 16.3 Å². The molecule has 0 amide bonds. The van der Waals surface area contributed by atoms with Crippen molar-refractivity contribution in [3.8, 4) is 28.1 Å². The van der Waals surface area contributed by atoms with E-state index in [1.807, 2.05) is 18.2 Å². The first-order valence-electron chi connectivity index (χ1n) is 9.98. The first-order chi connectivity index (χ1) is 13.8. The lowest BCUT2D eigenvalue weighted by Gasteiger charge is -2.20. The van der Waals surface area contributed by atoms with E-state index in [0.29, 0.717) is 0 Å². The number of halogens is 1. The van der Waals surface area contributed by atoms with E-state index in [1.165, 1.54) is 27.9 Å². The molecule has 3 aromatic carbocycles. The van der Waals surface area contributed by atoms with Gasteiger partial charge in [0.25, 0.3) is 0 Å². The summed E-state index contributed by atoms with van der Waals surface area (Å²) in [5.41, 5.74) is 8.55. The topological polar surface area (TPSA) is 4.93 Å². The molecule has 0 spiro atoms. The van der Waals surface area contributed by atoms with Gasteiger partial charge in [-0.25, -0.2) is 0 Å². The molecule has 0 saturated carbocycles. The van der Waals surface area contributed by atoms with E-state index in [9.17, 15) is 0 Å². The lowest BCUT2D eigenvalue weighted by atomic mass is 9.87. The van der Waals surface area contributed by atoms with Crippen LogP contribution < -0.4 is 0 Å². The van der Waals surface area contributed by atoms with Crippen LogP contribution in [0.15, 0.2) is 85.1 Å². The molecule has 146 valence electrons. The fourth-order valence-electron chi connectivity index (χ4n) is 3.66. The van der Waals surface area contributed by atoms with Crippen LogP contribution in [-0.2, 0) is 5.41 Å². The Bertz CT molecular complexity index is 1130. The van der Waals surface area contributed by atoms with Crippen LogP contribution >= 0.6 is 11.6 Å². The van der Waals surface area contributed by atoms with E-state index in [2.05, 4.69) is 99.1 Å². The minimum Gasteiger partial charge on any atom is -0.316 e. The van der Waals surface area contributed by atoms with Gasteiger partial charge in [0.15, 0.2) is 0 Å². The Labute approximate surface area is 178 Å². The molecule has 4 aromatic rings. The minimum atomic E-state index is 0.140.